The monoisotopic (exact) mass is 438 g/mol. The van der Waals surface area contributed by atoms with Crippen LogP contribution in [0.5, 0.6) is 5.75 Å². The normalized spacial score (nSPS) is 22.8. The van der Waals surface area contributed by atoms with Gasteiger partial charge in [0, 0.05) is 16.3 Å². The number of hydrogen-bond acceptors (Lipinski definition) is 4. The lowest BCUT2D eigenvalue weighted by Crippen LogP contribution is -2.37. The number of carbonyl (C=O) groups is 1. The van der Waals surface area contributed by atoms with Crippen molar-refractivity contribution in [3.05, 3.63) is 58.9 Å². The van der Waals surface area contributed by atoms with E-state index in [4.69, 9.17) is 16.3 Å². The summed E-state index contributed by atoms with van der Waals surface area (Å²) in [5.41, 5.74) is 0.756. The van der Waals surface area contributed by atoms with Gasteiger partial charge in [-0.1, -0.05) is 17.7 Å². The highest BCUT2D eigenvalue weighted by atomic mass is 35.5. The Bertz CT molecular complexity index is 1020. The fraction of sp³-hybridized carbons (Fsp3) is 0.350. The van der Waals surface area contributed by atoms with E-state index in [-0.39, 0.29) is 34.7 Å². The van der Waals surface area contributed by atoms with E-state index in [1.807, 2.05) is 6.92 Å². The second-order valence-electron chi connectivity index (χ2n) is 7.12. The summed E-state index contributed by atoms with van der Waals surface area (Å²) in [7, 11) is -3.32. The quantitative estimate of drug-likeness (QED) is 0.670. The molecule has 6 nitrogen and oxygen atoms in total. The number of carbonyl (C=O) groups excluding carboxylic acids is 1. The molecule has 2 amide bonds. The molecule has 0 radical (unpaired) electrons. The zero-order valence-corrected chi connectivity index (χ0v) is 17.3. The SMILES string of the molecule is CCOc1ccc(N2C(=O)N(Cc3c(F)cccc3Cl)[C@H]3CS(=O)(=O)C[C@@H]32)cc1. The second-order valence-corrected chi connectivity index (χ2v) is 9.68. The van der Waals surface area contributed by atoms with Gasteiger partial charge in [0.1, 0.15) is 11.6 Å². The Balaban J connectivity index is 1.69. The van der Waals surface area contributed by atoms with Gasteiger partial charge in [-0.25, -0.2) is 17.6 Å². The summed E-state index contributed by atoms with van der Waals surface area (Å²) in [4.78, 5) is 16.1. The minimum absolute atomic E-state index is 0.0887. The number of hydrogen-bond donors (Lipinski definition) is 0. The molecule has 2 atom stereocenters. The molecule has 2 heterocycles. The molecule has 0 aromatic heterocycles. The number of urea groups is 1. The molecule has 154 valence electrons. The lowest BCUT2D eigenvalue weighted by molar-refractivity contribution is 0.205. The molecule has 2 saturated heterocycles. The molecule has 2 aromatic rings. The fourth-order valence-electron chi connectivity index (χ4n) is 3.99. The van der Waals surface area contributed by atoms with Gasteiger partial charge in [-0.2, -0.15) is 0 Å². The summed E-state index contributed by atoms with van der Waals surface area (Å²) < 4.78 is 44.4. The Labute approximate surface area is 173 Å². The van der Waals surface area contributed by atoms with Crippen molar-refractivity contribution in [3.63, 3.8) is 0 Å². The molecule has 0 bridgehead atoms. The van der Waals surface area contributed by atoms with Crippen molar-refractivity contribution in [2.75, 3.05) is 23.0 Å². The van der Waals surface area contributed by atoms with Gasteiger partial charge in [0.05, 0.1) is 36.7 Å². The van der Waals surface area contributed by atoms with E-state index >= 15 is 0 Å². The first-order chi connectivity index (χ1) is 13.8. The van der Waals surface area contributed by atoms with Crippen molar-refractivity contribution < 1.29 is 22.3 Å². The highest BCUT2D eigenvalue weighted by Gasteiger charge is 2.54. The van der Waals surface area contributed by atoms with E-state index in [1.165, 1.54) is 21.9 Å². The maximum Gasteiger partial charge on any atom is 0.325 e. The largest absolute Gasteiger partial charge is 0.494 e. The summed E-state index contributed by atoms with van der Waals surface area (Å²) in [6, 6.07) is 9.78. The Kier molecular flexibility index (Phi) is 5.16. The number of anilines is 1. The van der Waals surface area contributed by atoms with Gasteiger partial charge in [0.15, 0.2) is 9.84 Å². The van der Waals surface area contributed by atoms with Gasteiger partial charge < -0.3 is 9.64 Å². The summed E-state index contributed by atoms with van der Waals surface area (Å²) >= 11 is 6.13. The summed E-state index contributed by atoms with van der Waals surface area (Å²) in [5.74, 6) is -0.142. The van der Waals surface area contributed by atoms with Gasteiger partial charge in [-0.3, -0.25) is 4.90 Å². The lowest BCUT2D eigenvalue weighted by Gasteiger charge is -2.23. The van der Waals surface area contributed by atoms with Crippen LogP contribution < -0.4 is 9.64 Å². The minimum Gasteiger partial charge on any atom is -0.494 e. The van der Waals surface area contributed by atoms with Gasteiger partial charge in [0.2, 0.25) is 0 Å². The van der Waals surface area contributed by atoms with Crippen LogP contribution in [-0.2, 0) is 16.4 Å². The predicted octanol–water partition coefficient (Wildman–Crippen LogP) is 3.49. The van der Waals surface area contributed by atoms with Gasteiger partial charge >= 0.3 is 6.03 Å². The molecular formula is C20H20ClFN2O4S. The van der Waals surface area contributed by atoms with Crippen molar-refractivity contribution in [3.8, 4) is 5.75 Å². The number of fused-ring (bicyclic) bond motifs is 1. The third-order valence-electron chi connectivity index (χ3n) is 5.29. The maximum atomic E-state index is 14.3. The van der Waals surface area contributed by atoms with Crippen LogP contribution in [0.4, 0.5) is 14.9 Å². The standard InChI is InChI=1S/C20H20ClFN2O4S/c1-2-28-14-8-6-13(7-9-14)24-19-12-29(26,27)11-18(19)23(20(24)25)10-15-16(21)4-3-5-17(15)22/h3-9,18-19H,2,10-12H2,1H3/t18-,19-/m0/s1. The number of halogens is 2. The minimum atomic E-state index is -3.32. The van der Waals surface area contributed by atoms with Crippen molar-refractivity contribution in [2.24, 2.45) is 0 Å². The molecule has 0 unspecified atom stereocenters. The Morgan fingerprint density at radius 3 is 2.48 bits per heavy atom. The zero-order chi connectivity index (χ0) is 20.8. The zero-order valence-electron chi connectivity index (χ0n) is 15.7. The van der Waals surface area contributed by atoms with Crippen LogP contribution in [-0.4, -0.2) is 49.5 Å². The molecule has 4 rings (SSSR count). The molecular weight excluding hydrogens is 419 g/mol. The summed E-state index contributed by atoms with van der Waals surface area (Å²) in [5, 5.41) is 0.203. The third kappa shape index (κ3) is 3.67. The molecule has 2 aromatic carbocycles. The molecule has 0 spiro atoms. The molecule has 2 fully saturated rings. The number of ether oxygens (including phenoxy) is 1. The van der Waals surface area contributed by atoms with Gasteiger partial charge in [-0.05, 0) is 43.3 Å². The van der Waals surface area contributed by atoms with E-state index in [2.05, 4.69) is 0 Å². The van der Waals surface area contributed by atoms with Crippen LogP contribution in [0.3, 0.4) is 0 Å². The summed E-state index contributed by atoms with van der Waals surface area (Å²) in [6.07, 6.45) is 0. The highest BCUT2D eigenvalue weighted by molar-refractivity contribution is 7.91. The van der Waals surface area contributed by atoms with Crippen molar-refractivity contribution >= 4 is 33.2 Å². The molecule has 2 aliphatic rings. The van der Waals surface area contributed by atoms with Crippen LogP contribution in [0.25, 0.3) is 0 Å². The van der Waals surface area contributed by atoms with Crippen LogP contribution in [0.15, 0.2) is 42.5 Å². The van der Waals surface area contributed by atoms with E-state index in [9.17, 15) is 17.6 Å². The molecule has 29 heavy (non-hydrogen) atoms. The van der Waals surface area contributed by atoms with E-state index in [1.54, 1.807) is 30.3 Å². The number of benzene rings is 2. The van der Waals surface area contributed by atoms with Crippen LogP contribution in [0.2, 0.25) is 5.02 Å². The maximum absolute atomic E-state index is 14.3. The number of rotatable bonds is 5. The van der Waals surface area contributed by atoms with Crippen molar-refractivity contribution in [2.45, 2.75) is 25.6 Å². The van der Waals surface area contributed by atoms with Crippen LogP contribution in [0.1, 0.15) is 12.5 Å². The number of sulfone groups is 1. The predicted molar refractivity (Wildman–Crippen MR) is 109 cm³/mol. The lowest BCUT2D eigenvalue weighted by atomic mass is 10.1. The summed E-state index contributed by atoms with van der Waals surface area (Å²) in [6.45, 7) is 2.30. The molecule has 0 N–H and O–H groups in total. The van der Waals surface area contributed by atoms with Crippen molar-refractivity contribution in [1.82, 2.24) is 4.90 Å². The van der Waals surface area contributed by atoms with E-state index in [0.717, 1.165) is 0 Å². The molecule has 0 saturated carbocycles. The van der Waals surface area contributed by atoms with Gasteiger partial charge in [0.25, 0.3) is 0 Å². The number of nitrogens with zero attached hydrogens (tertiary/aromatic N) is 2. The number of amides is 2. The smallest absolute Gasteiger partial charge is 0.325 e. The van der Waals surface area contributed by atoms with Crippen molar-refractivity contribution in [1.29, 1.82) is 0 Å². The second kappa shape index (κ2) is 7.50. The Morgan fingerprint density at radius 2 is 1.83 bits per heavy atom. The third-order valence-corrected chi connectivity index (χ3v) is 7.35. The van der Waals surface area contributed by atoms with Gasteiger partial charge in [-0.15, -0.1) is 0 Å². The van der Waals surface area contributed by atoms with E-state index < -0.39 is 27.7 Å². The first-order valence-electron chi connectivity index (χ1n) is 9.26. The fourth-order valence-corrected chi connectivity index (χ4v) is 6.16. The Morgan fingerprint density at radius 1 is 1.14 bits per heavy atom. The molecule has 2 aliphatic heterocycles. The average molecular weight is 439 g/mol. The van der Waals surface area contributed by atoms with E-state index in [0.29, 0.717) is 18.0 Å². The van der Waals surface area contributed by atoms with Crippen LogP contribution in [0, 0.1) is 5.82 Å². The first kappa shape index (κ1) is 20.0. The average Bonchev–Trinajstić information content (AvgIpc) is 3.09. The first-order valence-corrected chi connectivity index (χ1v) is 11.5. The molecule has 9 heteroatoms. The highest BCUT2D eigenvalue weighted by Crippen LogP contribution is 2.37. The molecule has 0 aliphatic carbocycles. The Hall–Kier alpha value is -2.32. The topological polar surface area (TPSA) is 66.9 Å². The van der Waals surface area contributed by atoms with Crippen LogP contribution >= 0.6 is 11.6 Å².